The van der Waals surface area contributed by atoms with Crippen LogP contribution >= 0.6 is 0 Å². The number of hydrogen-bond donors (Lipinski definition) is 0. The monoisotopic (exact) mass is 359 g/mol. The number of fused-ring (bicyclic) bond motifs is 4. The molecule has 0 fully saturated rings. The molecule has 4 heterocycles. The third kappa shape index (κ3) is 2.24. The maximum absolute atomic E-state index is 13.2. The van der Waals surface area contributed by atoms with Gasteiger partial charge in [-0.3, -0.25) is 18.4 Å². The molecule has 0 N–H and O–H groups in total. The molecule has 0 amide bonds. The van der Waals surface area contributed by atoms with Gasteiger partial charge in [-0.15, -0.1) is 0 Å². The Morgan fingerprint density at radius 2 is 1.63 bits per heavy atom. The van der Waals surface area contributed by atoms with E-state index in [9.17, 15) is 19.6 Å². The molecule has 0 unspecified atom stereocenters. The van der Waals surface area contributed by atoms with Crippen LogP contribution in [0, 0.1) is 11.3 Å². The van der Waals surface area contributed by atoms with Crippen LogP contribution in [0.3, 0.4) is 0 Å². The van der Waals surface area contributed by atoms with Crippen molar-refractivity contribution < 1.29 is 9.53 Å². The number of nitriles is 1. The van der Waals surface area contributed by atoms with Crippen molar-refractivity contribution >= 4 is 27.8 Å². The van der Waals surface area contributed by atoms with Crippen molar-refractivity contribution in [2.24, 2.45) is 0 Å². The second-order valence-corrected chi connectivity index (χ2v) is 5.85. The van der Waals surface area contributed by atoms with Gasteiger partial charge in [0.25, 0.3) is 11.1 Å². The van der Waals surface area contributed by atoms with E-state index in [1.54, 1.807) is 43.3 Å². The largest absolute Gasteiger partial charge is 0.462 e. The van der Waals surface area contributed by atoms with Crippen molar-refractivity contribution in [3.05, 3.63) is 80.6 Å². The van der Waals surface area contributed by atoms with Gasteiger partial charge in [0, 0.05) is 17.8 Å². The zero-order valence-corrected chi connectivity index (χ0v) is 14.3. The molecule has 0 atom stereocenters. The Balaban J connectivity index is 2.45. The maximum Gasteiger partial charge on any atom is 0.340 e. The standard InChI is InChI=1S/C20H13N3O4/c1-2-27-20(26)17-14-8-4-6-10-23(14)19(25)16-13-7-3-5-9-22(13)18(24)12(11-21)15(16)17/h3-10H,2H2,1H3. The Hall–Kier alpha value is -3.92. The number of rotatable bonds is 2. The van der Waals surface area contributed by atoms with E-state index in [2.05, 4.69) is 0 Å². The molecule has 0 aliphatic heterocycles. The van der Waals surface area contributed by atoms with Crippen molar-refractivity contribution in [1.29, 1.82) is 5.26 Å². The molecule has 7 heteroatoms. The topological polar surface area (TPSA) is 93.0 Å². The smallest absolute Gasteiger partial charge is 0.340 e. The number of nitrogens with zero attached hydrogens (tertiary/aromatic N) is 3. The molecule has 0 aliphatic rings. The molecular formula is C20H13N3O4. The summed E-state index contributed by atoms with van der Waals surface area (Å²) in [5, 5.41) is 9.81. The molecule has 0 spiro atoms. The van der Waals surface area contributed by atoms with E-state index in [0.29, 0.717) is 5.52 Å². The molecule has 0 aromatic carbocycles. The molecular weight excluding hydrogens is 346 g/mol. The Labute approximate surface area is 152 Å². The zero-order chi connectivity index (χ0) is 19.1. The number of carbonyl (C=O) groups is 1. The Kier molecular flexibility index (Phi) is 3.74. The van der Waals surface area contributed by atoms with E-state index in [0.717, 1.165) is 0 Å². The Bertz CT molecular complexity index is 1410. The van der Waals surface area contributed by atoms with Crippen LogP contribution in [-0.2, 0) is 4.74 Å². The summed E-state index contributed by atoms with van der Waals surface area (Å²) >= 11 is 0. The van der Waals surface area contributed by atoms with Gasteiger partial charge in [-0.1, -0.05) is 12.1 Å². The van der Waals surface area contributed by atoms with Gasteiger partial charge >= 0.3 is 5.97 Å². The number of esters is 1. The highest BCUT2D eigenvalue weighted by atomic mass is 16.5. The van der Waals surface area contributed by atoms with Crippen LogP contribution in [-0.4, -0.2) is 21.4 Å². The molecule has 7 nitrogen and oxygen atoms in total. The average molecular weight is 359 g/mol. The first-order valence-electron chi connectivity index (χ1n) is 8.27. The third-order valence-electron chi connectivity index (χ3n) is 4.44. The van der Waals surface area contributed by atoms with Gasteiger partial charge in [0.05, 0.1) is 28.6 Å². The summed E-state index contributed by atoms with van der Waals surface area (Å²) in [4.78, 5) is 38.8. The SMILES string of the molecule is CCOC(=O)c1c2c(C#N)c(=O)n3ccccc3c2c(=O)n2ccccc12. The Morgan fingerprint density at radius 3 is 2.26 bits per heavy atom. The van der Waals surface area contributed by atoms with Crippen LogP contribution in [0.1, 0.15) is 22.8 Å². The first-order chi connectivity index (χ1) is 13.1. The van der Waals surface area contributed by atoms with Gasteiger partial charge in [-0.25, -0.2) is 4.79 Å². The van der Waals surface area contributed by atoms with Crippen LogP contribution < -0.4 is 11.1 Å². The highest BCUT2D eigenvalue weighted by molar-refractivity contribution is 6.14. The van der Waals surface area contributed by atoms with Crippen molar-refractivity contribution in [3.8, 4) is 6.07 Å². The molecule has 27 heavy (non-hydrogen) atoms. The maximum atomic E-state index is 13.2. The van der Waals surface area contributed by atoms with Crippen LogP contribution in [0.15, 0.2) is 58.4 Å². The first kappa shape index (κ1) is 16.5. The predicted octanol–water partition coefficient (Wildman–Crippen LogP) is 2.11. The average Bonchev–Trinajstić information content (AvgIpc) is 2.69. The second kappa shape index (κ2) is 6.11. The molecule has 0 aliphatic carbocycles. The van der Waals surface area contributed by atoms with E-state index >= 15 is 0 Å². The molecule has 4 aromatic rings. The number of ether oxygens (including phenoxy) is 1. The lowest BCUT2D eigenvalue weighted by atomic mass is 10.00. The van der Waals surface area contributed by atoms with Gasteiger partial charge in [0.2, 0.25) is 0 Å². The first-order valence-corrected chi connectivity index (χ1v) is 8.27. The minimum Gasteiger partial charge on any atom is -0.462 e. The van der Waals surface area contributed by atoms with Gasteiger partial charge in [-0.2, -0.15) is 5.26 Å². The number of hydrogen-bond acceptors (Lipinski definition) is 5. The summed E-state index contributed by atoms with van der Waals surface area (Å²) in [6, 6.07) is 11.7. The summed E-state index contributed by atoms with van der Waals surface area (Å²) in [5.74, 6) is -0.692. The fraction of sp³-hybridized carbons (Fsp3) is 0.100. The zero-order valence-electron chi connectivity index (χ0n) is 14.3. The van der Waals surface area contributed by atoms with E-state index in [-0.39, 0.29) is 34.0 Å². The lowest BCUT2D eigenvalue weighted by molar-refractivity contribution is 0.0530. The van der Waals surface area contributed by atoms with Crippen molar-refractivity contribution in [2.45, 2.75) is 6.92 Å². The normalized spacial score (nSPS) is 11.0. The van der Waals surface area contributed by atoms with Crippen LogP contribution in [0.4, 0.5) is 0 Å². The fourth-order valence-electron chi connectivity index (χ4n) is 3.36. The molecule has 0 saturated heterocycles. The molecule has 0 radical (unpaired) electrons. The summed E-state index contributed by atoms with van der Waals surface area (Å²) in [6.07, 6.45) is 3.03. The van der Waals surface area contributed by atoms with E-state index < -0.39 is 17.1 Å². The van der Waals surface area contributed by atoms with Gasteiger partial charge in [0.15, 0.2) is 0 Å². The third-order valence-corrected chi connectivity index (χ3v) is 4.44. The number of carbonyl (C=O) groups excluding carboxylic acids is 1. The quantitative estimate of drug-likeness (QED) is 0.310. The van der Waals surface area contributed by atoms with Crippen LogP contribution in [0.5, 0.6) is 0 Å². The van der Waals surface area contributed by atoms with Gasteiger partial charge < -0.3 is 4.74 Å². The molecule has 132 valence electrons. The van der Waals surface area contributed by atoms with E-state index in [1.807, 2.05) is 6.07 Å². The van der Waals surface area contributed by atoms with Crippen molar-refractivity contribution in [2.75, 3.05) is 6.61 Å². The molecule has 4 rings (SSSR count). The lowest BCUT2D eigenvalue weighted by Gasteiger charge is -2.14. The highest BCUT2D eigenvalue weighted by Crippen LogP contribution is 2.26. The molecule has 0 bridgehead atoms. The van der Waals surface area contributed by atoms with Gasteiger partial charge in [-0.05, 0) is 31.2 Å². The second-order valence-electron chi connectivity index (χ2n) is 5.85. The Morgan fingerprint density at radius 1 is 1.00 bits per heavy atom. The fourth-order valence-corrected chi connectivity index (χ4v) is 3.36. The summed E-state index contributed by atoms with van der Waals surface area (Å²) < 4.78 is 7.73. The van der Waals surface area contributed by atoms with E-state index in [4.69, 9.17) is 4.74 Å². The van der Waals surface area contributed by atoms with Crippen molar-refractivity contribution in [1.82, 2.24) is 8.80 Å². The molecule has 0 saturated carbocycles. The number of aromatic nitrogens is 2. The summed E-state index contributed by atoms with van der Waals surface area (Å²) in [6.45, 7) is 1.78. The summed E-state index contributed by atoms with van der Waals surface area (Å²) in [5.41, 5.74) is -0.637. The van der Waals surface area contributed by atoms with Crippen molar-refractivity contribution in [3.63, 3.8) is 0 Å². The van der Waals surface area contributed by atoms with E-state index in [1.165, 1.54) is 21.2 Å². The minimum atomic E-state index is -0.692. The van der Waals surface area contributed by atoms with Crippen LogP contribution in [0.25, 0.3) is 21.8 Å². The predicted molar refractivity (Wildman–Crippen MR) is 99.1 cm³/mol. The lowest BCUT2D eigenvalue weighted by Crippen LogP contribution is -2.25. The molecule has 4 aromatic heterocycles. The van der Waals surface area contributed by atoms with Crippen LogP contribution in [0.2, 0.25) is 0 Å². The highest BCUT2D eigenvalue weighted by Gasteiger charge is 2.25. The minimum absolute atomic E-state index is 0.0309. The number of pyridine rings is 4. The van der Waals surface area contributed by atoms with Gasteiger partial charge in [0.1, 0.15) is 11.6 Å². The summed E-state index contributed by atoms with van der Waals surface area (Å²) in [7, 11) is 0.